The molecule has 2 aromatic heterocycles. The molecule has 2 N–H and O–H groups in total. The molecule has 0 unspecified atom stereocenters. The van der Waals surface area contributed by atoms with Crippen LogP contribution in [-0.2, 0) is 11.3 Å². The molecule has 0 radical (unpaired) electrons. The number of carboxylic acids is 1. The highest BCUT2D eigenvalue weighted by Gasteiger charge is 2.34. The van der Waals surface area contributed by atoms with Crippen LogP contribution in [0.3, 0.4) is 0 Å². The summed E-state index contributed by atoms with van der Waals surface area (Å²) in [5, 5.41) is 14.3. The molecular formula is C17H22N2O3S. The van der Waals surface area contributed by atoms with Crippen molar-refractivity contribution in [2.45, 2.75) is 43.4 Å². The summed E-state index contributed by atoms with van der Waals surface area (Å²) in [7, 11) is 0. The fraction of sp³-hybridized carbons (Fsp3) is 0.412. The van der Waals surface area contributed by atoms with Gasteiger partial charge >= 0.3 is 5.97 Å². The van der Waals surface area contributed by atoms with Gasteiger partial charge in [-0.05, 0) is 48.9 Å². The Morgan fingerprint density at radius 3 is 2.70 bits per heavy atom. The van der Waals surface area contributed by atoms with Crippen LogP contribution in [0.5, 0.6) is 0 Å². The van der Waals surface area contributed by atoms with E-state index in [0.717, 1.165) is 15.9 Å². The molecule has 0 aliphatic heterocycles. The van der Waals surface area contributed by atoms with Gasteiger partial charge in [0.05, 0.1) is 12.0 Å². The minimum atomic E-state index is -0.749. The lowest BCUT2D eigenvalue weighted by Crippen LogP contribution is -2.39. The lowest BCUT2D eigenvalue weighted by molar-refractivity contribution is -0.149. The summed E-state index contributed by atoms with van der Waals surface area (Å²) in [6.07, 6.45) is 2.95. The SMILES string of the molecule is CCC(CC)(CNCc1ccc(Sc2ccccn2)o1)C(=O)O. The number of nitrogens with one attached hydrogen (secondary N) is 1. The topological polar surface area (TPSA) is 75.4 Å². The van der Waals surface area contributed by atoms with Crippen molar-refractivity contribution in [1.29, 1.82) is 0 Å². The minimum Gasteiger partial charge on any atom is -0.481 e. The number of aliphatic carboxylic acids is 1. The van der Waals surface area contributed by atoms with Crippen molar-refractivity contribution in [3.05, 3.63) is 42.3 Å². The van der Waals surface area contributed by atoms with Crippen molar-refractivity contribution in [2.24, 2.45) is 5.41 Å². The lowest BCUT2D eigenvalue weighted by Gasteiger charge is -2.26. The zero-order valence-electron chi connectivity index (χ0n) is 13.4. The summed E-state index contributed by atoms with van der Waals surface area (Å²) in [5.74, 6) is 0.0377. The number of carbonyl (C=O) groups is 1. The molecule has 2 rings (SSSR count). The van der Waals surface area contributed by atoms with Crippen LogP contribution in [0.2, 0.25) is 0 Å². The molecule has 0 saturated carbocycles. The van der Waals surface area contributed by atoms with Crippen LogP contribution in [0.4, 0.5) is 0 Å². The van der Waals surface area contributed by atoms with Gasteiger partial charge in [0.25, 0.3) is 0 Å². The van der Waals surface area contributed by atoms with E-state index < -0.39 is 11.4 Å². The fourth-order valence-corrected chi connectivity index (χ4v) is 3.07. The van der Waals surface area contributed by atoms with E-state index in [0.29, 0.717) is 25.9 Å². The summed E-state index contributed by atoms with van der Waals surface area (Å²) in [5.41, 5.74) is -0.710. The highest BCUT2D eigenvalue weighted by atomic mass is 32.2. The van der Waals surface area contributed by atoms with Gasteiger partial charge in [-0.25, -0.2) is 4.98 Å². The smallest absolute Gasteiger partial charge is 0.310 e. The fourth-order valence-electron chi connectivity index (χ4n) is 2.32. The van der Waals surface area contributed by atoms with Crippen LogP contribution in [0.15, 0.2) is 51.1 Å². The van der Waals surface area contributed by atoms with Gasteiger partial charge < -0.3 is 14.8 Å². The number of pyridine rings is 1. The average molecular weight is 334 g/mol. The van der Waals surface area contributed by atoms with Gasteiger partial charge in [0.1, 0.15) is 10.8 Å². The van der Waals surface area contributed by atoms with Crippen molar-refractivity contribution in [1.82, 2.24) is 10.3 Å². The molecular weight excluding hydrogens is 312 g/mol. The number of hydrogen-bond donors (Lipinski definition) is 2. The second kappa shape index (κ2) is 8.17. The molecule has 0 atom stereocenters. The van der Waals surface area contributed by atoms with Crippen LogP contribution in [0.25, 0.3) is 0 Å². The standard InChI is InChI=1S/C17H22N2O3S/c1-3-17(4-2,16(20)21)12-18-11-13-8-9-15(22-13)23-14-7-5-6-10-19-14/h5-10,18H,3-4,11-12H2,1-2H3,(H,20,21). The number of nitrogens with zero attached hydrogens (tertiary/aromatic N) is 1. The van der Waals surface area contributed by atoms with E-state index >= 15 is 0 Å². The summed E-state index contributed by atoms with van der Waals surface area (Å²) in [6, 6.07) is 9.54. The predicted octanol–water partition coefficient (Wildman–Crippen LogP) is 3.81. The van der Waals surface area contributed by atoms with Gasteiger partial charge in [0.15, 0.2) is 5.09 Å². The molecule has 23 heavy (non-hydrogen) atoms. The maximum Gasteiger partial charge on any atom is 0.310 e. The molecule has 0 aliphatic carbocycles. The van der Waals surface area contributed by atoms with Crippen molar-refractivity contribution in [3.63, 3.8) is 0 Å². The zero-order valence-corrected chi connectivity index (χ0v) is 14.2. The zero-order chi connectivity index (χ0) is 16.7. The quantitative estimate of drug-likeness (QED) is 0.726. The number of aromatic nitrogens is 1. The van der Waals surface area contributed by atoms with Crippen LogP contribution in [0.1, 0.15) is 32.4 Å². The number of rotatable bonds is 9. The van der Waals surface area contributed by atoms with Gasteiger partial charge in [-0.3, -0.25) is 4.79 Å². The van der Waals surface area contributed by atoms with E-state index in [4.69, 9.17) is 4.42 Å². The van der Waals surface area contributed by atoms with E-state index in [1.54, 1.807) is 6.20 Å². The average Bonchev–Trinajstić information content (AvgIpc) is 3.00. The highest BCUT2D eigenvalue weighted by Crippen LogP contribution is 2.28. The molecule has 124 valence electrons. The summed E-state index contributed by atoms with van der Waals surface area (Å²) >= 11 is 1.46. The Hall–Kier alpha value is -1.79. The van der Waals surface area contributed by atoms with Crippen molar-refractivity contribution in [2.75, 3.05) is 6.54 Å². The Morgan fingerprint density at radius 2 is 2.09 bits per heavy atom. The molecule has 0 bridgehead atoms. The van der Waals surface area contributed by atoms with E-state index in [-0.39, 0.29) is 0 Å². The lowest BCUT2D eigenvalue weighted by atomic mass is 9.82. The largest absolute Gasteiger partial charge is 0.481 e. The van der Waals surface area contributed by atoms with E-state index in [1.165, 1.54) is 11.8 Å². The van der Waals surface area contributed by atoms with Crippen LogP contribution < -0.4 is 5.32 Å². The third-order valence-corrected chi connectivity index (χ3v) is 4.92. The molecule has 0 aliphatic rings. The monoisotopic (exact) mass is 334 g/mol. The summed E-state index contributed by atoms with van der Waals surface area (Å²) < 4.78 is 5.74. The Bertz CT molecular complexity index is 624. The third-order valence-electron chi connectivity index (χ3n) is 4.05. The minimum absolute atomic E-state index is 0.429. The van der Waals surface area contributed by atoms with Crippen molar-refractivity contribution < 1.29 is 14.3 Å². The van der Waals surface area contributed by atoms with Crippen LogP contribution >= 0.6 is 11.8 Å². The molecule has 0 saturated heterocycles. The number of hydrogen-bond acceptors (Lipinski definition) is 5. The highest BCUT2D eigenvalue weighted by molar-refractivity contribution is 7.99. The Balaban J connectivity index is 1.88. The maximum absolute atomic E-state index is 11.5. The van der Waals surface area contributed by atoms with E-state index in [1.807, 2.05) is 44.2 Å². The molecule has 5 nitrogen and oxygen atoms in total. The van der Waals surface area contributed by atoms with E-state index in [9.17, 15) is 9.90 Å². The van der Waals surface area contributed by atoms with Gasteiger partial charge in [-0.1, -0.05) is 19.9 Å². The first kappa shape index (κ1) is 17.6. The van der Waals surface area contributed by atoms with Gasteiger partial charge in [0, 0.05) is 12.7 Å². The van der Waals surface area contributed by atoms with Gasteiger partial charge in [0.2, 0.25) is 0 Å². The summed E-state index contributed by atoms with van der Waals surface area (Å²) in [6.45, 7) is 4.76. The van der Waals surface area contributed by atoms with Gasteiger partial charge in [-0.2, -0.15) is 0 Å². The van der Waals surface area contributed by atoms with E-state index in [2.05, 4.69) is 10.3 Å². The first-order valence-corrected chi connectivity index (χ1v) is 8.53. The van der Waals surface area contributed by atoms with Crippen molar-refractivity contribution >= 4 is 17.7 Å². The molecule has 0 fully saturated rings. The summed E-state index contributed by atoms with van der Waals surface area (Å²) in [4.78, 5) is 15.7. The Labute approximate surface area is 140 Å². The first-order chi connectivity index (χ1) is 11.1. The molecule has 2 heterocycles. The third kappa shape index (κ3) is 4.59. The normalized spacial score (nSPS) is 11.6. The van der Waals surface area contributed by atoms with Crippen LogP contribution in [-0.4, -0.2) is 22.6 Å². The second-order valence-corrected chi connectivity index (χ2v) is 6.41. The van der Waals surface area contributed by atoms with Gasteiger partial charge in [-0.15, -0.1) is 0 Å². The molecule has 0 aromatic carbocycles. The first-order valence-electron chi connectivity index (χ1n) is 7.71. The van der Waals surface area contributed by atoms with Crippen LogP contribution in [0, 0.1) is 5.41 Å². The predicted molar refractivity (Wildman–Crippen MR) is 89.4 cm³/mol. The second-order valence-electron chi connectivity index (χ2n) is 5.39. The molecule has 2 aromatic rings. The Morgan fingerprint density at radius 1 is 1.30 bits per heavy atom. The Kier molecular flexibility index (Phi) is 6.24. The number of furan rings is 1. The maximum atomic E-state index is 11.5. The number of carboxylic acid groups (broad SMARTS) is 1. The molecule has 6 heteroatoms. The molecule has 0 amide bonds. The molecule has 0 spiro atoms. The van der Waals surface area contributed by atoms with Crippen molar-refractivity contribution in [3.8, 4) is 0 Å².